The minimum Gasteiger partial charge on any atom is -0.472 e. The predicted octanol–water partition coefficient (Wildman–Crippen LogP) is 1.84. The largest absolute Gasteiger partial charge is 0.472 e. The Balaban J connectivity index is 1.62. The minimum atomic E-state index is -0.0347. The average molecular weight is 312 g/mol. The van der Waals surface area contributed by atoms with Crippen molar-refractivity contribution in [2.24, 2.45) is 0 Å². The molecule has 1 fully saturated rings. The molecule has 1 aliphatic rings. The van der Waals surface area contributed by atoms with E-state index in [9.17, 15) is 4.79 Å². The number of ether oxygens (including phenoxy) is 1. The van der Waals surface area contributed by atoms with Gasteiger partial charge in [0, 0.05) is 38.7 Å². The normalized spacial score (nSPS) is 17.1. The van der Waals surface area contributed by atoms with Gasteiger partial charge in [-0.15, -0.1) is 0 Å². The van der Waals surface area contributed by atoms with Crippen molar-refractivity contribution in [2.45, 2.75) is 12.5 Å². The highest BCUT2D eigenvalue weighted by Gasteiger charge is 2.28. The van der Waals surface area contributed by atoms with Gasteiger partial charge < -0.3 is 14.5 Å². The first-order valence-corrected chi connectivity index (χ1v) is 7.64. The summed E-state index contributed by atoms with van der Waals surface area (Å²) in [6, 6.07) is 11.1. The lowest BCUT2D eigenvalue weighted by molar-refractivity contribution is 0.0771. The lowest BCUT2D eigenvalue weighted by Gasteiger charge is -2.17. The summed E-state index contributed by atoms with van der Waals surface area (Å²) in [5.74, 6) is 1.39. The molecular formula is C17H20N4O2. The van der Waals surface area contributed by atoms with E-state index in [-0.39, 0.29) is 12.0 Å². The van der Waals surface area contributed by atoms with Crippen LogP contribution in [0, 0.1) is 0 Å². The first-order chi connectivity index (χ1) is 11.1. The van der Waals surface area contributed by atoms with Crippen molar-refractivity contribution in [1.82, 2.24) is 14.9 Å². The Morgan fingerprint density at radius 1 is 1.26 bits per heavy atom. The van der Waals surface area contributed by atoms with Gasteiger partial charge in [0.05, 0.1) is 6.54 Å². The number of hydrogen-bond acceptors (Lipinski definition) is 5. The van der Waals surface area contributed by atoms with Crippen molar-refractivity contribution in [2.75, 3.05) is 32.1 Å². The van der Waals surface area contributed by atoms with Gasteiger partial charge in [-0.25, -0.2) is 9.97 Å². The maximum atomic E-state index is 12.4. The van der Waals surface area contributed by atoms with Crippen molar-refractivity contribution in [3.63, 3.8) is 0 Å². The summed E-state index contributed by atoms with van der Waals surface area (Å²) >= 11 is 0. The van der Waals surface area contributed by atoms with Crippen LogP contribution in [0.15, 0.2) is 42.7 Å². The Bertz CT molecular complexity index is 675. The fourth-order valence-electron chi connectivity index (χ4n) is 2.58. The van der Waals surface area contributed by atoms with E-state index in [0.717, 1.165) is 12.2 Å². The highest BCUT2D eigenvalue weighted by atomic mass is 16.5. The maximum Gasteiger partial charge on any atom is 0.253 e. The highest BCUT2D eigenvalue weighted by Crippen LogP contribution is 2.20. The van der Waals surface area contributed by atoms with E-state index in [2.05, 4.69) is 9.97 Å². The first-order valence-electron chi connectivity index (χ1n) is 7.64. The monoisotopic (exact) mass is 312 g/mol. The summed E-state index contributed by atoms with van der Waals surface area (Å²) in [6.45, 7) is 1.28. The minimum absolute atomic E-state index is 0.0347. The molecule has 0 N–H and O–H groups in total. The summed E-state index contributed by atoms with van der Waals surface area (Å²) in [7, 11) is 3.84. The van der Waals surface area contributed by atoms with E-state index >= 15 is 0 Å². The molecule has 120 valence electrons. The Morgan fingerprint density at radius 2 is 2.04 bits per heavy atom. The van der Waals surface area contributed by atoms with Crippen molar-refractivity contribution >= 4 is 11.7 Å². The van der Waals surface area contributed by atoms with Crippen molar-refractivity contribution < 1.29 is 9.53 Å². The Hall–Kier alpha value is -2.63. The summed E-state index contributed by atoms with van der Waals surface area (Å²) in [5, 5.41) is 0. The average Bonchev–Trinajstić information content (AvgIpc) is 3.03. The second kappa shape index (κ2) is 6.64. The molecule has 23 heavy (non-hydrogen) atoms. The van der Waals surface area contributed by atoms with Crippen molar-refractivity contribution in [3.05, 3.63) is 48.3 Å². The summed E-state index contributed by atoms with van der Waals surface area (Å²) in [5.41, 5.74) is 0.713. The third kappa shape index (κ3) is 3.59. The molecule has 1 atom stereocenters. The number of likely N-dealkylation sites (tertiary alicyclic amines) is 1. The molecular weight excluding hydrogens is 292 g/mol. The van der Waals surface area contributed by atoms with Crippen LogP contribution < -0.4 is 9.64 Å². The lowest BCUT2D eigenvalue weighted by atomic mass is 10.2. The van der Waals surface area contributed by atoms with Gasteiger partial charge in [0.15, 0.2) is 0 Å². The number of amides is 1. The van der Waals surface area contributed by atoms with Gasteiger partial charge in [0.1, 0.15) is 18.2 Å². The van der Waals surface area contributed by atoms with Crippen LogP contribution in [-0.4, -0.2) is 54.1 Å². The fourth-order valence-corrected chi connectivity index (χ4v) is 2.58. The van der Waals surface area contributed by atoms with E-state index in [1.54, 1.807) is 0 Å². The van der Waals surface area contributed by atoms with Crippen LogP contribution in [0.25, 0.3) is 0 Å². The molecule has 0 radical (unpaired) electrons. The molecule has 1 aliphatic heterocycles. The summed E-state index contributed by atoms with van der Waals surface area (Å²) in [6.07, 6.45) is 2.26. The van der Waals surface area contributed by atoms with Crippen molar-refractivity contribution in [3.8, 4) is 5.88 Å². The van der Waals surface area contributed by atoms with E-state index in [1.807, 2.05) is 60.3 Å². The molecule has 1 unspecified atom stereocenters. The van der Waals surface area contributed by atoms with E-state index in [0.29, 0.717) is 24.5 Å². The molecule has 0 saturated carbocycles. The van der Waals surface area contributed by atoms with Crippen LogP contribution in [0.1, 0.15) is 16.8 Å². The molecule has 2 aromatic rings. The zero-order chi connectivity index (χ0) is 16.2. The number of benzene rings is 1. The summed E-state index contributed by atoms with van der Waals surface area (Å²) < 4.78 is 5.91. The predicted molar refractivity (Wildman–Crippen MR) is 87.7 cm³/mol. The van der Waals surface area contributed by atoms with Gasteiger partial charge >= 0.3 is 0 Å². The number of aromatic nitrogens is 2. The van der Waals surface area contributed by atoms with E-state index in [1.165, 1.54) is 6.33 Å². The van der Waals surface area contributed by atoms with Crippen LogP contribution in [0.2, 0.25) is 0 Å². The van der Waals surface area contributed by atoms with E-state index < -0.39 is 0 Å². The van der Waals surface area contributed by atoms with Gasteiger partial charge in [-0.2, -0.15) is 0 Å². The standard InChI is InChI=1S/C17H20N4O2/c1-20(2)15-10-16(19-12-18-15)23-14-8-9-21(11-14)17(22)13-6-4-3-5-7-13/h3-7,10,12,14H,8-9,11H2,1-2H3. The van der Waals surface area contributed by atoms with Crippen LogP contribution in [0.5, 0.6) is 5.88 Å². The Labute approximate surface area is 135 Å². The molecule has 1 aromatic heterocycles. The molecule has 3 rings (SSSR count). The van der Waals surface area contributed by atoms with Crippen LogP contribution in [-0.2, 0) is 0 Å². The van der Waals surface area contributed by atoms with Gasteiger partial charge in [0.25, 0.3) is 5.91 Å². The zero-order valence-electron chi connectivity index (χ0n) is 13.3. The molecule has 0 aliphatic carbocycles. The number of carbonyl (C=O) groups is 1. The number of carbonyl (C=O) groups excluding carboxylic acids is 1. The third-order valence-corrected chi connectivity index (χ3v) is 3.83. The molecule has 1 saturated heterocycles. The topological polar surface area (TPSA) is 58.6 Å². The number of anilines is 1. The van der Waals surface area contributed by atoms with Crippen LogP contribution in [0.3, 0.4) is 0 Å². The number of nitrogens with zero attached hydrogens (tertiary/aromatic N) is 4. The number of hydrogen-bond donors (Lipinski definition) is 0. The van der Waals surface area contributed by atoms with E-state index in [4.69, 9.17) is 4.74 Å². The van der Waals surface area contributed by atoms with Gasteiger partial charge in [-0.05, 0) is 12.1 Å². The smallest absolute Gasteiger partial charge is 0.253 e. The second-order valence-electron chi connectivity index (χ2n) is 5.75. The highest BCUT2D eigenvalue weighted by molar-refractivity contribution is 5.94. The Kier molecular flexibility index (Phi) is 4.41. The SMILES string of the molecule is CN(C)c1cc(OC2CCN(C(=O)c3ccccc3)C2)ncn1. The van der Waals surface area contributed by atoms with Crippen LogP contribution in [0.4, 0.5) is 5.82 Å². The van der Waals surface area contributed by atoms with Crippen LogP contribution >= 0.6 is 0 Å². The zero-order valence-corrected chi connectivity index (χ0v) is 13.3. The van der Waals surface area contributed by atoms with Crippen molar-refractivity contribution in [1.29, 1.82) is 0 Å². The molecule has 0 spiro atoms. The quantitative estimate of drug-likeness (QED) is 0.862. The van der Waals surface area contributed by atoms with Gasteiger partial charge in [0.2, 0.25) is 5.88 Å². The third-order valence-electron chi connectivity index (χ3n) is 3.83. The second-order valence-corrected chi connectivity index (χ2v) is 5.75. The molecule has 2 heterocycles. The first kappa shape index (κ1) is 15.3. The summed E-state index contributed by atoms with van der Waals surface area (Å²) in [4.78, 5) is 24.5. The molecule has 6 heteroatoms. The Morgan fingerprint density at radius 3 is 2.78 bits per heavy atom. The lowest BCUT2D eigenvalue weighted by Crippen LogP contribution is -2.31. The molecule has 0 bridgehead atoms. The number of rotatable bonds is 4. The van der Waals surface area contributed by atoms with Gasteiger partial charge in [-0.3, -0.25) is 4.79 Å². The molecule has 1 amide bonds. The molecule has 1 aromatic carbocycles. The van der Waals surface area contributed by atoms with Gasteiger partial charge in [-0.1, -0.05) is 18.2 Å². The fraction of sp³-hybridized carbons (Fsp3) is 0.353. The molecule has 6 nitrogen and oxygen atoms in total. The maximum absolute atomic E-state index is 12.4.